The molecule has 4 nitrogen and oxygen atoms in total. The van der Waals surface area contributed by atoms with E-state index in [-0.39, 0.29) is 5.92 Å². The van der Waals surface area contributed by atoms with Crippen molar-refractivity contribution in [1.82, 2.24) is 4.90 Å². The third kappa shape index (κ3) is 3.16. The maximum Gasteiger partial charge on any atom is 0.308 e. The van der Waals surface area contributed by atoms with Gasteiger partial charge in [0.15, 0.2) is 0 Å². The summed E-state index contributed by atoms with van der Waals surface area (Å²) in [5.74, 6) is 0.737. The quantitative estimate of drug-likeness (QED) is 0.908. The molecule has 0 spiro atoms. The fraction of sp³-hybridized carbons (Fsp3) is 0.562. The summed E-state index contributed by atoms with van der Waals surface area (Å²) in [6.07, 6.45) is 2.38. The zero-order chi connectivity index (χ0) is 15.0. The topological polar surface area (TPSA) is 49.8 Å². The van der Waals surface area contributed by atoms with Crippen molar-refractivity contribution in [3.8, 4) is 5.75 Å². The number of aliphatic carboxylic acids is 1. The van der Waals surface area contributed by atoms with E-state index in [9.17, 15) is 9.90 Å². The summed E-state index contributed by atoms with van der Waals surface area (Å²) < 4.78 is 5.15. The molecule has 1 saturated carbocycles. The minimum atomic E-state index is -0.651. The van der Waals surface area contributed by atoms with Gasteiger partial charge in [-0.25, -0.2) is 0 Å². The van der Waals surface area contributed by atoms with Crippen LogP contribution in [0.5, 0.6) is 5.75 Å². The SMILES string of the molecule is COc1ccc(CN2C[C@@H](C(=O)O)[C@H](C3CC3)C2)cc1Cl. The third-order valence-corrected chi connectivity index (χ3v) is 4.90. The maximum absolute atomic E-state index is 11.4. The number of carboxylic acid groups (broad SMARTS) is 1. The Morgan fingerprint density at radius 2 is 2.19 bits per heavy atom. The van der Waals surface area contributed by atoms with Crippen LogP contribution in [0, 0.1) is 17.8 Å². The monoisotopic (exact) mass is 309 g/mol. The molecular weight excluding hydrogens is 290 g/mol. The van der Waals surface area contributed by atoms with Crippen LogP contribution in [0.25, 0.3) is 0 Å². The molecular formula is C16H20ClNO3. The number of likely N-dealkylation sites (tertiary alicyclic amines) is 1. The summed E-state index contributed by atoms with van der Waals surface area (Å²) in [5, 5.41) is 9.99. The van der Waals surface area contributed by atoms with Crippen LogP contribution < -0.4 is 4.74 Å². The first-order chi connectivity index (χ1) is 10.1. The summed E-state index contributed by atoms with van der Waals surface area (Å²) in [4.78, 5) is 13.7. The molecule has 0 amide bonds. The average Bonchev–Trinajstić information content (AvgIpc) is 3.20. The van der Waals surface area contributed by atoms with Crippen LogP contribution in [0.15, 0.2) is 18.2 Å². The van der Waals surface area contributed by atoms with E-state index in [2.05, 4.69) is 4.90 Å². The fourth-order valence-corrected chi connectivity index (χ4v) is 3.65. The summed E-state index contributed by atoms with van der Waals surface area (Å²) in [7, 11) is 1.60. The maximum atomic E-state index is 11.4. The van der Waals surface area contributed by atoms with Crippen molar-refractivity contribution in [2.45, 2.75) is 19.4 Å². The molecule has 1 aliphatic carbocycles. The predicted molar refractivity (Wildman–Crippen MR) is 80.6 cm³/mol. The molecule has 114 valence electrons. The highest BCUT2D eigenvalue weighted by Crippen LogP contribution is 2.44. The van der Waals surface area contributed by atoms with Gasteiger partial charge >= 0.3 is 5.97 Å². The smallest absolute Gasteiger partial charge is 0.308 e. The molecule has 1 aromatic rings. The Kier molecular flexibility index (Phi) is 4.09. The van der Waals surface area contributed by atoms with Gasteiger partial charge in [-0.2, -0.15) is 0 Å². The largest absolute Gasteiger partial charge is 0.495 e. The number of rotatable bonds is 5. The van der Waals surface area contributed by atoms with Gasteiger partial charge in [-0.15, -0.1) is 0 Å². The van der Waals surface area contributed by atoms with Crippen molar-refractivity contribution in [2.75, 3.05) is 20.2 Å². The fourth-order valence-electron chi connectivity index (χ4n) is 3.37. The normalized spacial score (nSPS) is 26.0. The molecule has 0 aromatic heterocycles. The second kappa shape index (κ2) is 5.85. The molecule has 1 heterocycles. The van der Waals surface area contributed by atoms with Gasteiger partial charge in [0.05, 0.1) is 18.1 Å². The van der Waals surface area contributed by atoms with E-state index >= 15 is 0 Å². The summed E-state index contributed by atoms with van der Waals surface area (Å²) in [6, 6.07) is 5.76. The molecule has 2 atom stereocenters. The molecule has 2 aliphatic rings. The van der Waals surface area contributed by atoms with Gasteiger partial charge in [-0.3, -0.25) is 9.69 Å². The average molecular weight is 310 g/mol. The van der Waals surface area contributed by atoms with Crippen LogP contribution in [-0.4, -0.2) is 36.2 Å². The van der Waals surface area contributed by atoms with Crippen LogP contribution in [-0.2, 0) is 11.3 Å². The minimum absolute atomic E-state index is 0.216. The predicted octanol–water partition coefficient (Wildman–Crippen LogP) is 2.89. The molecule has 3 rings (SSSR count). The Morgan fingerprint density at radius 3 is 2.76 bits per heavy atom. The highest BCUT2D eigenvalue weighted by Gasteiger charge is 2.45. The number of nitrogens with zero attached hydrogens (tertiary/aromatic N) is 1. The lowest BCUT2D eigenvalue weighted by Gasteiger charge is -2.16. The second-order valence-electron chi connectivity index (χ2n) is 6.11. The Balaban J connectivity index is 1.68. The van der Waals surface area contributed by atoms with E-state index in [0.29, 0.717) is 29.2 Å². The van der Waals surface area contributed by atoms with Gasteiger partial charge in [-0.05, 0) is 42.4 Å². The zero-order valence-electron chi connectivity index (χ0n) is 12.1. The Labute approximate surface area is 129 Å². The minimum Gasteiger partial charge on any atom is -0.495 e. The van der Waals surface area contributed by atoms with E-state index in [4.69, 9.17) is 16.3 Å². The highest BCUT2D eigenvalue weighted by atomic mass is 35.5. The van der Waals surface area contributed by atoms with Gasteiger partial charge in [0.2, 0.25) is 0 Å². The van der Waals surface area contributed by atoms with Gasteiger partial charge in [0.1, 0.15) is 5.75 Å². The molecule has 0 bridgehead atoms. The summed E-state index contributed by atoms with van der Waals surface area (Å²) >= 11 is 6.15. The van der Waals surface area contributed by atoms with E-state index in [1.165, 1.54) is 12.8 Å². The number of ether oxygens (including phenoxy) is 1. The van der Waals surface area contributed by atoms with Crippen molar-refractivity contribution >= 4 is 17.6 Å². The van der Waals surface area contributed by atoms with Crippen molar-refractivity contribution < 1.29 is 14.6 Å². The lowest BCUT2D eigenvalue weighted by Crippen LogP contribution is -2.24. The van der Waals surface area contributed by atoms with Crippen LogP contribution in [0.3, 0.4) is 0 Å². The van der Waals surface area contributed by atoms with Crippen molar-refractivity contribution in [3.63, 3.8) is 0 Å². The van der Waals surface area contributed by atoms with E-state index in [1.54, 1.807) is 7.11 Å². The number of benzene rings is 1. The number of halogens is 1. The molecule has 1 N–H and O–H groups in total. The lowest BCUT2D eigenvalue weighted by atomic mass is 9.92. The van der Waals surface area contributed by atoms with Gasteiger partial charge in [0, 0.05) is 19.6 Å². The second-order valence-corrected chi connectivity index (χ2v) is 6.52. The molecule has 1 saturated heterocycles. The number of methoxy groups -OCH3 is 1. The number of carbonyl (C=O) groups is 1. The first-order valence-electron chi connectivity index (χ1n) is 7.36. The van der Waals surface area contributed by atoms with E-state index in [1.807, 2.05) is 18.2 Å². The number of hydrogen-bond donors (Lipinski definition) is 1. The summed E-state index contributed by atoms with van der Waals surface area (Å²) in [5.41, 5.74) is 1.10. The number of hydrogen-bond acceptors (Lipinski definition) is 3. The molecule has 21 heavy (non-hydrogen) atoms. The molecule has 0 radical (unpaired) electrons. The van der Waals surface area contributed by atoms with Crippen LogP contribution in [0.1, 0.15) is 18.4 Å². The van der Waals surface area contributed by atoms with Crippen molar-refractivity contribution in [2.24, 2.45) is 17.8 Å². The van der Waals surface area contributed by atoms with Crippen LogP contribution in [0.2, 0.25) is 5.02 Å². The Hall–Kier alpha value is -1.26. The zero-order valence-corrected chi connectivity index (χ0v) is 12.8. The Bertz CT molecular complexity index is 544. The molecule has 0 unspecified atom stereocenters. The Morgan fingerprint density at radius 1 is 1.43 bits per heavy atom. The molecule has 1 aliphatic heterocycles. The van der Waals surface area contributed by atoms with Gasteiger partial charge in [-0.1, -0.05) is 17.7 Å². The molecule has 5 heteroatoms. The van der Waals surface area contributed by atoms with Gasteiger partial charge in [0.25, 0.3) is 0 Å². The van der Waals surface area contributed by atoms with Gasteiger partial charge < -0.3 is 9.84 Å². The lowest BCUT2D eigenvalue weighted by molar-refractivity contribution is -0.142. The van der Waals surface area contributed by atoms with Crippen LogP contribution in [0.4, 0.5) is 0 Å². The standard InChI is InChI=1S/C16H20ClNO3/c1-21-15-5-2-10(6-14(15)17)7-18-8-12(11-3-4-11)13(9-18)16(19)20/h2,5-6,11-13H,3-4,7-9H2,1H3,(H,19,20)/t12-,13+/m0/s1. The van der Waals surface area contributed by atoms with Crippen LogP contribution >= 0.6 is 11.6 Å². The third-order valence-electron chi connectivity index (χ3n) is 4.61. The van der Waals surface area contributed by atoms with E-state index < -0.39 is 5.97 Å². The summed E-state index contributed by atoms with van der Waals surface area (Å²) in [6.45, 7) is 2.27. The van der Waals surface area contributed by atoms with E-state index in [0.717, 1.165) is 18.7 Å². The van der Waals surface area contributed by atoms with Crippen molar-refractivity contribution in [1.29, 1.82) is 0 Å². The highest BCUT2D eigenvalue weighted by molar-refractivity contribution is 6.32. The molecule has 2 fully saturated rings. The molecule has 1 aromatic carbocycles. The number of carboxylic acids is 1. The first-order valence-corrected chi connectivity index (χ1v) is 7.74. The van der Waals surface area contributed by atoms with Crippen molar-refractivity contribution in [3.05, 3.63) is 28.8 Å². The first kappa shape index (κ1) is 14.7.